The fraction of sp³-hybridized carbons (Fsp3) is 0.269. The molecule has 2 aromatic heterocycles. The van der Waals surface area contributed by atoms with E-state index in [9.17, 15) is 9.18 Å². The summed E-state index contributed by atoms with van der Waals surface area (Å²) in [6, 6.07) is 18.5. The van der Waals surface area contributed by atoms with Crippen LogP contribution < -0.4 is 4.90 Å². The molecule has 3 heterocycles. The summed E-state index contributed by atoms with van der Waals surface area (Å²) in [5, 5.41) is 0.975. The molecule has 1 aliphatic heterocycles. The van der Waals surface area contributed by atoms with Crippen molar-refractivity contribution in [1.29, 1.82) is 0 Å². The lowest BCUT2D eigenvalue weighted by Crippen LogP contribution is -2.49. The summed E-state index contributed by atoms with van der Waals surface area (Å²) in [7, 11) is 0. The third-order valence-electron chi connectivity index (χ3n) is 6.16. The van der Waals surface area contributed by atoms with Gasteiger partial charge in [-0.2, -0.15) is 0 Å². The maximum atomic E-state index is 14.4. The molecule has 1 saturated heterocycles. The molecule has 1 fully saturated rings. The first-order valence-corrected chi connectivity index (χ1v) is 11.2. The third-order valence-corrected chi connectivity index (χ3v) is 6.16. The predicted octanol–water partition coefficient (Wildman–Crippen LogP) is 4.20. The highest BCUT2D eigenvalue weighted by Crippen LogP contribution is 2.24. The summed E-state index contributed by atoms with van der Waals surface area (Å²) in [5.41, 5.74) is 3.01. The van der Waals surface area contributed by atoms with Crippen molar-refractivity contribution >= 4 is 22.6 Å². The minimum atomic E-state index is -0.266. The van der Waals surface area contributed by atoms with Crippen molar-refractivity contribution in [3.05, 3.63) is 89.3 Å². The Morgan fingerprint density at radius 2 is 1.67 bits per heavy atom. The molecule has 0 saturated carbocycles. The Hall–Kier alpha value is -3.74. The highest BCUT2D eigenvalue weighted by molar-refractivity contribution is 5.99. The van der Waals surface area contributed by atoms with Gasteiger partial charge in [-0.05, 0) is 32.0 Å². The van der Waals surface area contributed by atoms with Gasteiger partial charge in [0.1, 0.15) is 23.2 Å². The minimum Gasteiger partial charge on any atom is -0.353 e. The number of para-hydroxylation sites is 1. The van der Waals surface area contributed by atoms with Crippen LogP contribution in [0.5, 0.6) is 0 Å². The average molecular weight is 444 g/mol. The van der Waals surface area contributed by atoms with Gasteiger partial charge in [0, 0.05) is 54.4 Å². The van der Waals surface area contributed by atoms with Crippen molar-refractivity contribution in [2.75, 3.05) is 31.1 Å². The Morgan fingerprint density at radius 3 is 2.42 bits per heavy atom. The molecule has 168 valence electrons. The smallest absolute Gasteiger partial charge is 0.270 e. The van der Waals surface area contributed by atoms with E-state index in [2.05, 4.69) is 14.9 Å². The molecule has 33 heavy (non-hydrogen) atoms. The zero-order valence-electron chi connectivity index (χ0n) is 18.8. The van der Waals surface area contributed by atoms with Crippen molar-refractivity contribution in [3.8, 4) is 0 Å². The molecule has 7 heteroatoms. The largest absolute Gasteiger partial charge is 0.353 e. The van der Waals surface area contributed by atoms with Gasteiger partial charge in [-0.1, -0.05) is 36.4 Å². The Kier molecular flexibility index (Phi) is 5.54. The second-order valence-corrected chi connectivity index (χ2v) is 8.46. The summed E-state index contributed by atoms with van der Waals surface area (Å²) in [5.74, 6) is 1.36. The highest BCUT2D eigenvalue weighted by Gasteiger charge is 2.26. The topological polar surface area (TPSA) is 54.3 Å². The molecule has 6 nitrogen and oxygen atoms in total. The van der Waals surface area contributed by atoms with E-state index in [0.29, 0.717) is 44.0 Å². The first-order valence-electron chi connectivity index (χ1n) is 11.2. The number of aryl methyl sites for hydroxylation is 2. The zero-order valence-corrected chi connectivity index (χ0v) is 18.8. The molecule has 2 aromatic carbocycles. The quantitative estimate of drug-likeness (QED) is 0.475. The van der Waals surface area contributed by atoms with Gasteiger partial charge in [-0.15, -0.1) is 0 Å². The van der Waals surface area contributed by atoms with Gasteiger partial charge in [0.05, 0.1) is 6.54 Å². The molecule has 1 aliphatic rings. The summed E-state index contributed by atoms with van der Waals surface area (Å²) < 4.78 is 16.3. The molecule has 0 radical (unpaired) electrons. The van der Waals surface area contributed by atoms with Crippen molar-refractivity contribution < 1.29 is 9.18 Å². The van der Waals surface area contributed by atoms with Crippen molar-refractivity contribution in [2.45, 2.75) is 20.4 Å². The number of hydrogen-bond acceptors (Lipinski definition) is 4. The number of hydrogen-bond donors (Lipinski definition) is 0. The number of carbonyl (C=O) groups excluding carboxylic acids is 1. The Labute approximate surface area is 192 Å². The Bertz CT molecular complexity index is 1300. The van der Waals surface area contributed by atoms with E-state index in [4.69, 9.17) is 0 Å². The molecule has 0 atom stereocenters. The number of amides is 1. The van der Waals surface area contributed by atoms with Crippen LogP contribution in [0.1, 0.15) is 27.6 Å². The van der Waals surface area contributed by atoms with E-state index >= 15 is 0 Å². The van der Waals surface area contributed by atoms with Gasteiger partial charge in [0.2, 0.25) is 0 Å². The van der Waals surface area contributed by atoms with Crippen LogP contribution in [-0.4, -0.2) is 51.5 Å². The molecule has 4 aromatic rings. The van der Waals surface area contributed by atoms with Crippen molar-refractivity contribution in [3.63, 3.8) is 0 Å². The van der Waals surface area contributed by atoms with Gasteiger partial charge in [-0.25, -0.2) is 14.4 Å². The maximum absolute atomic E-state index is 14.4. The molecule has 0 spiro atoms. The van der Waals surface area contributed by atoms with E-state index in [1.54, 1.807) is 12.1 Å². The lowest BCUT2D eigenvalue weighted by Gasteiger charge is -2.35. The van der Waals surface area contributed by atoms with Crippen LogP contribution in [0.4, 0.5) is 10.2 Å². The molecular formula is C26H26FN5O. The zero-order chi connectivity index (χ0) is 22.9. The first-order chi connectivity index (χ1) is 16.0. The molecule has 5 rings (SSSR count). The van der Waals surface area contributed by atoms with E-state index < -0.39 is 0 Å². The summed E-state index contributed by atoms with van der Waals surface area (Å²) in [6.45, 7) is 6.77. The van der Waals surface area contributed by atoms with Gasteiger partial charge < -0.3 is 14.4 Å². The van der Waals surface area contributed by atoms with Crippen LogP contribution in [0.15, 0.2) is 60.7 Å². The number of benzene rings is 2. The molecule has 1 amide bonds. The fourth-order valence-corrected chi connectivity index (χ4v) is 4.51. The van der Waals surface area contributed by atoms with Crippen molar-refractivity contribution in [2.24, 2.45) is 0 Å². The third kappa shape index (κ3) is 4.18. The van der Waals surface area contributed by atoms with E-state index in [1.165, 1.54) is 6.07 Å². The number of fused-ring (bicyclic) bond motifs is 1. The molecule has 0 aliphatic carbocycles. The lowest BCUT2D eigenvalue weighted by atomic mass is 10.2. The molecule has 0 N–H and O–H groups in total. The molecule has 0 bridgehead atoms. The summed E-state index contributed by atoms with van der Waals surface area (Å²) in [6.07, 6.45) is 0. The number of aromatic nitrogens is 3. The fourth-order valence-electron chi connectivity index (χ4n) is 4.51. The molecule has 0 unspecified atom stereocenters. The van der Waals surface area contributed by atoms with E-state index in [0.717, 1.165) is 28.2 Å². The van der Waals surface area contributed by atoms with Crippen LogP contribution in [0, 0.1) is 19.7 Å². The second kappa shape index (κ2) is 8.65. The lowest BCUT2D eigenvalue weighted by molar-refractivity contribution is 0.0736. The Balaban J connectivity index is 1.40. The highest BCUT2D eigenvalue weighted by atomic mass is 19.1. The number of rotatable bonds is 4. The van der Waals surface area contributed by atoms with Crippen LogP contribution in [0.2, 0.25) is 0 Å². The predicted molar refractivity (Wildman–Crippen MR) is 127 cm³/mol. The number of nitrogens with zero attached hydrogens (tertiary/aromatic N) is 5. The maximum Gasteiger partial charge on any atom is 0.270 e. The summed E-state index contributed by atoms with van der Waals surface area (Å²) >= 11 is 0. The normalized spacial score (nSPS) is 14.2. The van der Waals surface area contributed by atoms with Gasteiger partial charge >= 0.3 is 0 Å². The summed E-state index contributed by atoms with van der Waals surface area (Å²) in [4.78, 5) is 26.6. The van der Waals surface area contributed by atoms with Crippen LogP contribution >= 0.6 is 0 Å². The van der Waals surface area contributed by atoms with E-state index in [1.807, 2.05) is 65.8 Å². The van der Waals surface area contributed by atoms with E-state index in [-0.39, 0.29) is 11.7 Å². The second-order valence-electron chi connectivity index (χ2n) is 8.46. The van der Waals surface area contributed by atoms with Gasteiger partial charge in [0.25, 0.3) is 5.91 Å². The Morgan fingerprint density at radius 1 is 0.939 bits per heavy atom. The van der Waals surface area contributed by atoms with Crippen LogP contribution in [0.25, 0.3) is 10.9 Å². The number of anilines is 1. The first kappa shape index (κ1) is 21.1. The van der Waals surface area contributed by atoms with Gasteiger partial charge in [0.15, 0.2) is 0 Å². The van der Waals surface area contributed by atoms with Crippen LogP contribution in [-0.2, 0) is 6.54 Å². The monoisotopic (exact) mass is 443 g/mol. The number of halogens is 1. The van der Waals surface area contributed by atoms with Crippen LogP contribution in [0.3, 0.4) is 0 Å². The standard InChI is InChI=1S/C26H26FN5O/c1-18-15-25(29-19(2)28-18)30-11-13-31(14-12-30)26(33)24-16-20-7-4-6-10-23(20)32(24)17-21-8-3-5-9-22(21)27/h3-10,15-16H,11-14,17H2,1-2H3. The molecular weight excluding hydrogens is 417 g/mol. The number of piperazine rings is 1. The average Bonchev–Trinajstić information content (AvgIpc) is 3.18. The van der Waals surface area contributed by atoms with Crippen molar-refractivity contribution in [1.82, 2.24) is 19.4 Å². The number of carbonyl (C=O) groups is 1. The minimum absolute atomic E-state index is 0.0303. The SMILES string of the molecule is Cc1cc(N2CCN(C(=O)c3cc4ccccc4n3Cc3ccccc3F)CC2)nc(C)n1. The van der Waals surface area contributed by atoms with Gasteiger partial charge in [-0.3, -0.25) is 4.79 Å².